The SMILES string of the molecule is CC(NCCN(CCNC(C)c1ccccn1)Cc1ccc(CN[C@H](CO)Cc2c[nH]c3ccccc23)cc1)c1ccccn1. The van der Waals surface area contributed by atoms with E-state index >= 15 is 0 Å². The Hall–Kier alpha value is -3.92. The number of hydrogen-bond acceptors (Lipinski definition) is 7. The molecule has 0 bridgehead atoms. The number of benzene rings is 2. The van der Waals surface area contributed by atoms with E-state index in [-0.39, 0.29) is 24.7 Å². The molecular weight excluding hydrogens is 558 g/mol. The van der Waals surface area contributed by atoms with E-state index in [1.165, 1.54) is 22.1 Å². The fraction of sp³-hybridized carbons (Fsp3) is 0.351. The van der Waals surface area contributed by atoms with E-state index in [4.69, 9.17) is 0 Å². The molecule has 2 aromatic carbocycles. The van der Waals surface area contributed by atoms with Gasteiger partial charge in [0, 0.05) is 86.9 Å². The lowest BCUT2D eigenvalue weighted by Gasteiger charge is -2.25. The van der Waals surface area contributed by atoms with E-state index in [1.54, 1.807) is 0 Å². The van der Waals surface area contributed by atoms with Gasteiger partial charge in [-0.1, -0.05) is 54.6 Å². The van der Waals surface area contributed by atoms with Crippen molar-refractivity contribution in [3.8, 4) is 0 Å². The van der Waals surface area contributed by atoms with Crippen LogP contribution in [0.1, 0.15) is 54.0 Å². The summed E-state index contributed by atoms with van der Waals surface area (Å²) < 4.78 is 0. The third kappa shape index (κ3) is 9.78. The molecule has 5 rings (SSSR count). The fourth-order valence-electron chi connectivity index (χ4n) is 5.67. The Morgan fingerprint density at radius 1 is 0.733 bits per heavy atom. The van der Waals surface area contributed by atoms with Crippen LogP contribution in [-0.2, 0) is 19.5 Å². The molecule has 0 saturated heterocycles. The molecule has 5 aromatic rings. The number of para-hydroxylation sites is 1. The Labute approximate surface area is 267 Å². The first-order valence-corrected chi connectivity index (χ1v) is 16.1. The van der Waals surface area contributed by atoms with Crippen LogP contribution in [0.25, 0.3) is 10.9 Å². The van der Waals surface area contributed by atoms with Gasteiger partial charge in [-0.05, 0) is 67.3 Å². The molecular formula is C37H47N7O. The number of rotatable bonds is 18. The molecule has 236 valence electrons. The zero-order valence-corrected chi connectivity index (χ0v) is 26.5. The second kappa shape index (κ2) is 17.0. The van der Waals surface area contributed by atoms with Gasteiger partial charge in [0.25, 0.3) is 0 Å². The Kier molecular flexibility index (Phi) is 12.2. The first kappa shape index (κ1) is 32.5. The van der Waals surface area contributed by atoms with Crippen molar-refractivity contribution >= 4 is 10.9 Å². The number of aromatic amines is 1. The summed E-state index contributed by atoms with van der Waals surface area (Å²) >= 11 is 0. The third-order valence-electron chi connectivity index (χ3n) is 8.41. The van der Waals surface area contributed by atoms with E-state index in [0.717, 1.165) is 56.0 Å². The minimum atomic E-state index is -0.0127. The van der Waals surface area contributed by atoms with Crippen LogP contribution in [0, 0.1) is 0 Å². The van der Waals surface area contributed by atoms with Gasteiger partial charge in [0.05, 0.1) is 18.0 Å². The van der Waals surface area contributed by atoms with Gasteiger partial charge in [0.1, 0.15) is 0 Å². The molecule has 3 aromatic heterocycles. The lowest BCUT2D eigenvalue weighted by atomic mass is 10.0. The number of aliphatic hydroxyl groups is 1. The smallest absolute Gasteiger partial charge is 0.0588 e. The van der Waals surface area contributed by atoms with Crippen molar-refractivity contribution in [1.82, 2.24) is 35.8 Å². The molecule has 0 spiro atoms. The lowest BCUT2D eigenvalue weighted by Crippen LogP contribution is -2.37. The highest BCUT2D eigenvalue weighted by Crippen LogP contribution is 2.19. The number of H-pyrrole nitrogens is 1. The number of nitrogens with zero attached hydrogens (tertiary/aromatic N) is 3. The molecule has 0 saturated carbocycles. The molecule has 0 aliphatic carbocycles. The average Bonchev–Trinajstić information content (AvgIpc) is 3.50. The van der Waals surface area contributed by atoms with Crippen molar-refractivity contribution in [3.63, 3.8) is 0 Å². The van der Waals surface area contributed by atoms with Crippen LogP contribution < -0.4 is 16.0 Å². The summed E-state index contributed by atoms with van der Waals surface area (Å²) in [5.74, 6) is 0. The van der Waals surface area contributed by atoms with E-state index in [1.807, 2.05) is 42.7 Å². The standard InChI is InChI=1S/C37H47N7O/c1-28(35-10-5-7-17-40-35)38-19-21-44(22-20-39-29(2)36-11-6-8-18-41-36)26-31-15-13-30(14-16-31)24-42-33(27-45)23-32-25-43-37-12-4-3-9-34(32)37/h3-18,25,28-29,33,38-39,42-43,45H,19-24,26-27H2,1-2H3/t28?,29?,33-/m0/s1. The van der Waals surface area contributed by atoms with E-state index < -0.39 is 0 Å². The second-order valence-electron chi connectivity index (χ2n) is 11.8. The van der Waals surface area contributed by atoms with Gasteiger partial charge in [-0.2, -0.15) is 0 Å². The molecule has 0 aliphatic rings. The Bertz CT molecular complexity index is 1490. The zero-order chi connectivity index (χ0) is 31.3. The number of aliphatic hydroxyl groups excluding tert-OH is 1. The lowest BCUT2D eigenvalue weighted by molar-refractivity contribution is 0.241. The normalized spacial score (nSPS) is 13.7. The highest BCUT2D eigenvalue weighted by molar-refractivity contribution is 5.83. The van der Waals surface area contributed by atoms with Crippen LogP contribution in [0.15, 0.2) is 104 Å². The number of aromatic nitrogens is 3. The number of pyridine rings is 2. The van der Waals surface area contributed by atoms with Gasteiger partial charge in [0.15, 0.2) is 0 Å². The van der Waals surface area contributed by atoms with Crippen LogP contribution in [-0.4, -0.2) is 63.8 Å². The summed E-state index contributed by atoms with van der Waals surface area (Å²) in [6, 6.07) is 29.7. The second-order valence-corrected chi connectivity index (χ2v) is 11.8. The molecule has 0 fully saturated rings. The average molecular weight is 606 g/mol. The number of fused-ring (bicyclic) bond motifs is 1. The molecule has 3 heterocycles. The van der Waals surface area contributed by atoms with Crippen molar-refractivity contribution < 1.29 is 5.11 Å². The summed E-state index contributed by atoms with van der Waals surface area (Å²) in [4.78, 5) is 14.8. The topological polar surface area (TPSA) is 101 Å². The molecule has 0 amide bonds. The highest BCUT2D eigenvalue weighted by Gasteiger charge is 2.13. The predicted molar refractivity (Wildman–Crippen MR) is 183 cm³/mol. The maximum absolute atomic E-state index is 10.1. The maximum Gasteiger partial charge on any atom is 0.0588 e. The molecule has 2 unspecified atom stereocenters. The molecule has 0 radical (unpaired) electrons. The first-order valence-electron chi connectivity index (χ1n) is 16.1. The van der Waals surface area contributed by atoms with E-state index in [0.29, 0.717) is 6.54 Å². The number of hydrogen-bond donors (Lipinski definition) is 5. The highest BCUT2D eigenvalue weighted by atomic mass is 16.3. The third-order valence-corrected chi connectivity index (χ3v) is 8.41. The van der Waals surface area contributed by atoms with Crippen molar-refractivity contribution in [1.29, 1.82) is 0 Å². The Morgan fingerprint density at radius 3 is 1.93 bits per heavy atom. The van der Waals surface area contributed by atoms with Crippen molar-refractivity contribution in [2.75, 3.05) is 32.8 Å². The van der Waals surface area contributed by atoms with Crippen molar-refractivity contribution in [2.45, 2.75) is 51.5 Å². The quantitative estimate of drug-likeness (QED) is 0.0942. The van der Waals surface area contributed by atoms with E-state index in [2.05, 4.69) is 110 Å². The van der Waals surface area contributed by atoms with Gasteiger partial charge in [0.2, 0.25) is 0 Å². The van der Waals surface area contributed by atoms with Gasteiger partial charge in [-0.3, -0.25) is 14.9 Å². The molecule has 5 N–H and O–H groups in total. The summed E-state index contributed by atoms with van der Waals surface area (Å²) in [7, 11) is 0. The maximum atomic E-state index is 10.1. The van der Waals surface area contributed by atoms with Gasteiger partial charge < -0.3 is 26.0 Å². The van der Waals surface area contributed by atoms with Crippen LogP contribution >= 0.6 is 0 Å². The Morgan fingerprint density at radius 2 is 1.33 bits per heavy atom. The van der Waals surface area contributed by atoms with Crippen LogP contribution in [0.2, 0.25) is 0 Å². The molecule has 3 atom stereocenters. The van der Waals surface area contributed by atoms with Gasteiger partial charge >= 0.3 is 0 Å². The van der Waals surface area contributed by atoms with Crippen molar-refractivity contribution in [2.24, 2.45) is 0 Å². The van der Waals surface area contributed by atoms with Crippen LogP contribution in [0.3, 0.4) is 0 Å². The fourth-order valence-corrected chi connectivity index (χ4v) is 5.67. The molecule has 8 heteroatoms. The Balaban J connectivity index is 1.14. The predicted octanol–water partition coefficient (Wildman–Crippen LogP) is 5.15. The van der Waals surface area contributed by atoms with Gasteiger partial charge in [-0.25, -0.2) is 0 Å². The summed E-state index contributed by atoms with van der Waals surface area (Å²) in [6.07, 6.45) is 6.52. The summed E-state index contributed by atoms with van der Waals surface area (Å²) in [6.45, 7) is 9.58. The summed E-state index contributed by atoms with van der Waals surface area (Å²) in [5.41, 5.74) is 6.96. The largest absolute Gasteiger partial charge is 0.395 e. The first-order chi connectivity index (χ1) is 22.1. The van der Waals surface area contributed by atoms with E-state index in [9.17, 15) is 5.11 Å². The van der Waals surface area contributed by atoms with Gasteiger partial charge in [-0.15, -0.1) is 0 Å². The van der Waals surface area contributed by atoms with Crippen LogP contribution in [0.5, 0.6) is 0 Å². The zero-order valence-electron chi connectivity index (χ0n) is 26.5. The molecule has 8 nitrogen and oxygen atoms in total. The molecule has 45 heavy (non-hydrogen) atoms. The minimum Gasteiger partial charge on any atom is -0.395 e. The minimum absolute atomic E-state index is 0.0127. The van der Waals surface area contributed by atoms with Crippen molar-refractivity contribution in [3.05, 3.63) is 132 Å². The monoisotopic (exact) mass is 605 g/mol. The van der Waals surface area contributed by atoms with Crippen LogP contribution in [0.4, 0.5) is 0 Å². The molecule has 0 aliphatic heterocycles. The summed E-state index contributed by atoms with van der Waals surface area (Å²) in [5, 5.41) is 22.1. The number of nitrogens with one attached hydrogen (secondary N) is 4.